The van der Waals surface area contributed by atoms with Crippen LogP contribution in [0.1, 0.15) is 79.0 Å². The highest BCUT2D eigenvalue weighted by molar-refractivity contribution is 5.99. The van der Waals surface area contributed by atoms with Gasteiger partial charge < -0.3 is 4.90 Å². The summed E-state index contributed by atoms with van der Waals surface area (Å²) >= 11 is 0. The number of para-hydroxylation sites is 1. The van der Waals surface area contributed by atoms with Gasteiger partial charge in [-0.2, -0.15) is 0 Å². The number of anilines is 1. The largest absolute Gasteiger partial charge is 0.307 e. The predicted molar refractivity (Wildman–Crippen MR) is 127 cm³/mol. The lowest BCUT2D eigenvalue weighted by Crippen LogP contribution is -2.39. The van der Waals surface area contributed by atoms with Crippen molar-refractivity contribution in [1.82, 2.24) is 0 Å². The minimum atomic E-state index is -0.412. The molecule has 0 atom stereocenters. The summed E-state index contributed by atoms with van der Waals surface area (Å²) in [4.78, 5) is 14.9. The van der Waals surface area contributed by atoms with Crippen LogP contribution in [0.3, 0.4) is 0 Å². The van der Waals surface area contributed by atoms with E-state index in [1.807, 2.05) is 97.5 Å². The summed E-state index contributed by atoms with van der Waals surface area (Å²) in [5.74, 6) is 0.144. The summed E-state index contributed by atoms with van der Waals surface area (Å²) in [5, 5.41) is 0. The van der Waals surface area contributed by atoms with Gasteiger partial charge in [0.05, 0.1) is 12.2 Å². The fourth-order valence-electron chi connectivity index (χ4n) is 2.74. The van der Waals surface area contributed by atoms with E-state index in [4.69, 9.17) is 0 Å². The molecule has 2 aromatic rings. The molecule has 0 saturated carbocycles. The zero-order valence-corrected chi connectivity index (χ0v) is 19.3. The molecular formula is C26H39NO. The van der Waals surface area contributed by atoms with Gasteiger partial charge in [0.25, 0.3) is 0 Å². The van der Waals surface area contributed by atoms with Crippen LogP contribution in [0.25, 0.3) is 12.2 Å². The van der Waals surface area contributed by atoms with E-state index in [0.717, 1.165) is 11.3 Å². The van der Waals surface area contributed by atoms with Gasteiger partial charge in [-0.05, 0) is 22.8 Å². The standard InChI is InChI=1S/C20H21NO.3C2H6/c1-20(2,3)19(22)21-14-17-10-5-4-8-15(17)12-13-16-9-6-7-11-18(16)21;3*1-2/h4-13H,14H2,1-3H3;3*1-2H3/b13-12-;;;. The normalized spacial score (nSPS) is 12.7. The van der Waals surface area contributed by atoms with Gasteiger partial charge in [0.1, 0.15) is 0 Å². The van der Waals surface area contributed by atoms with Crippen molar-refractivity contribution >= 4 is 23.7 Å². The quantitative estimate of drug-likeness (QED) is 0.455. The maximum atomic E-state index is 13.0. The predicted octanol–water partition coefficient (Wildman–Crippen LogP) is 7.83. The van der Waals surface area contributed by atoms with E-state index >= 15 is 0 Å². The maximum Gasteiger partial charge on any atom is 0.232 e. The number of carbonyl (C=O) groups excluding carboxylic acids is 1. The Morgan fingerprint density at radius 2 is 1.21 bits per heavy atom. The van der Waals surface area contributed by atoms with Crippen LogP contribution in [0.2, 0.25) is 0 Å². The Balaban J connectivity index is 0.00000111. The van der Waals surface area contributed by atoms with Gasteiger partial charge in [-0.25, -0.2) is 0 Å². The fourth-order valence-corrected chi connectivity index (χ4v) is 2.74. The highest BCUT2D eigenvalue weighted by atomic mass is 16.2. The lowest BCUT2D eigenvalue weighted by molar-refractivity contribution is -0.125. The molecule has 2 heteroatoms. The molecule has 0 N–H and O–H groups in total. The first-order chi connectivity index (χ1) is 13.5. The number of fused-ring (bicyclic) bond motifs is 2. The topological polar surface area (TPSA) is 20.3 Å². The third-order valence-electron chi connectivity index (χ3n) is 3.94. The van der Waals surface area contributed by atoms with E-state index < -0.39 is 5.41 Å². The second-order valence-electron chi connectivity index (χ2n) is 6.73. The van der Waals surface area contributed by atoms with Crippen LogP contribution < -0.4 is 4.90 Å². The molecule has 1 aliphatic rings. The van der Waals surface area contributed by atoms with E-state index in [1.165, 1.54) is 11.1 Å². The van der Waals surface area contributed by atoms with E-state index in [-0.39, 0.29) is 5.91 Å². The second kappa shape index (κ2) is 12.9. The van der Waals surface area contributed by atoms with Gasteiger partial charge in [0, 0.05) is 5.41 Å². The summed E-state index contributed by atoms with van der Waals surface area (Å²) in [7, 11) is 0. The van der Waals surface area contributed by atoms with Crippen molar-refractivity contribution in [3.05, 3.63) is 65.2 Å². The number of benzene rings is 2. The number of carbonyl (C=O) groups is 1. The van der Waals surface area contributed by atoms with Crippen LogP contribution >= 0.6 is 0 Å². The zero-order valence-electron chi connectivity index (χ0n) is 19.3. The molecule has 2 aromatic carbocycles. The molecule has 0 bridgehead atoms. The molecule has 3 rings (SSSR count). The molecule has 0 aromatic heterocycles. The SMILES string of the molecule is CC.CC.CC.CC(C)(C)C(=O)N1Cc2ccccc2/C=C\c2ccccc21. The first-order valence-corrected chi connectivity index (χ1v) is 10.6. The summed E-state index contributed by atoms with van der Waals surface area (Å²) in [6.45, 7) is 18.5. The fraction of sp³-hybridized carbons (Fsp3) is 0.423. The van der Waals surface area contributed by atoms with Crippen molar-refractivity contribution in [3.63, 3.8) is 0 Å². The minimum absolute atomic E-state index is 0.144. The average Bonchev–Trinajstić information content (AvgIpc) is 2.73. The van der Waals surface area contributed by atoms with E-state index in [9.17, 15) is 4.79 Å². The number of rotatable bonds is 0. The van der Waals surface area contributed by atoms with Crippen LogP contribution in [-0.4, -0.2) is 5.91 Å². The lowest BCUT2D eigenvalue weighted by Gasteiger charge is -2.32. The van der Waals surface area contributed by atoms with Crippen molar-refractivity contribution in [2.24, 2.45) is 5.41 Å². The molecular weight excluding hydrogens is 342 g/mol. The third-order valence-corrected chi connectivity index (χ3v) is 3.94. The Morgan fingerprint density at radius 3 is 1.79 bits per heavy atom. The van der Waals surface area contributed by atoms with Crippen molar-refractivity contribution in [2.75, 3.05) is 4.90 Å². The van der Waals surface area contributed by atoms with E-state index in [0.29, 0.717) is 6.54 Å². The molecule has 154 valence electrons. The Kier molecular flexibility index (Phi) is 11.8. The third kappa shape index (κ3) is 6.67. The highest BCUT2D eigenvalue weighted by Crippen LogP contribution is 2.31. The zero-order chi connectivity index (χ0) is 21.7. The summed E-state index contributed by atoms with van der Waals surface area (Å²) < 4.78 is 0. The molecule has 0 unspecified atom stereocenters. The Morgan fingerprint density at radius 1 is 0.750 bits per heavy atom. The van der Waals surface area contributed by atoms with Crippen molar-refractivity contribution in [3.8, 4) is 0 Å². The van der Waals surface area contributed by atoms with Crippen molar-refractivity contribution in [2.45, 2.75) is 68.9 Å². The number of nitrogens with zero attached hydrogens (tertiary/aromatic N) is 1. The Bertz CT molecular complexity index is 738. The number of amides is 1. The molecule has 0 spiro atoms. The second-order valence-corrected chi connectivity index (χ2v) is 6.73. The van der Waals surface area contributed by atoms with Crippen LogP contribution in [0, 0.1) is 5.41 Å². The molecule has 1 heterocycles. The van der Waals surface area contributed by atoms with E-state index in [2.05, 4.69) is 30.4 Å². The molecule has 1 aliphatic heterocycles. The van der Waals surface area contributed by atoms with Gasteiger partial charge in [-0.1, -0.05) is 117 Å². The average molecular weight is 382 g/mol. The Hall–Kier alpha value is -2.35. The molecule has 0 aliphatic carbocycles. The first kappa shape index (κ1) is 25.7. The monoisotopic (exact) mass is 381 g/mol. The van der Waals surface area contributed by atoms with Crippen molar-refractivity contribution < 1.29 is 4.79 Å². The number of hydrogen-bond acceptors (Lipinski definition) is 1. The highest BCUT2D eigenvalue weighted by Gasteiger charge is 2.30. The van der Waals surface area contributed by atoms with Gasteiger partial charge in [0.15, 0.2) is 0 Å². The van der Waals surface area contributed by atoms with Gasteiger partial charge in [-0.3, -0.25) is 4.79 Å². The lowest BCUT2D eigenvalue weighted by atomic mass is 9.92. The van der Waals surface area contributed by atoms with E-state index in [1.54, 1.807) is 0 Å². The summed E-state index contributed by atoms with van der Waals surface area (Å²) in [6, 6.07) is 16.3. The maximum absolute atomic E-state index is 13.0. The van der Waals surface area contributed by atoms with Gasteiger partial charge in [0.2, 0.25) is 5.91 Å². The van der Waals surface area contributed by atoms with Crippen molar-refractivity contribution in [1.29, 1.82) is 0 Å². The van der Waals surface area contributed by atoms with Crippen LogP contribution in [0.5, 0.6) is 0 Å². The molecule has 0 fully saturated rings. The molecule has 2 nitrogen and oxygen atoms in total. The minimum Gasteiger partial charge on any atom is -0.307 e. The van der Waals surface area contributed by atoms with Gasteiger partial charge >= 0.3 is 0 Å². The smallest absolute Gasteiger partial charge is 0.232 e. The molecule has 1 amide bonds. The van der Waals surface area contributed by atoms with Crippen LogP contribution in [0.4, 0.5) is 5.69 Å². The van der Waals surface area contributed by atoms with Crippen LogP contribution in [-0.2, 0) is 11.3 Å². The Labute approximate surface area is 173 Å². The summed E-state index contributed by atoms with van der Waals surface area (Å²) in [6.07, 6.45) is 4.23. The van der Waals surface area contributed by atoms with Gasteiger partial charge in [-0.15, -0.1) is 0 Å². The molecule has 28 heavy (non-hydrogen) atoms. The first-order valence-electron chi connectivity index (χ1n) is 10.6. The molecule has 0 saturated heterocycles. The van der Waals surface area contributed by atoms with Crippen LogP contribution in [0.15, 0.2) is 48.5 Å². The molecule has 0 radical (unpaired) electrons. The summed E-state index contributed by atoms with van der Waals surface area (Å²) in [5.41, 5.74) is 3.99. The number of hydrogen-bond donors (Lipinski definition) is 0.